The first-order valence-electron chi connectivity index (χ1n) is 7.78. The molecule has 0 aromatic carbocycles. The van der Waals surface area contributed by atoms with E-state index in [1.54, 1.807) is 0 Å². The predicted molar refractivity (Wildman–Crippen MR) is 79.6 cm³/mol. The smallest absolute Gasteiger partial charge is 0.222 e. The summed E-state index contributed by atoms with van der Waals surface area (Å²) in [6.07, 6.45) is 6.59. The second kappa shape index (κ2) is 10.4. The van der Waals surface area contributed by atoms with E-state index in [1.807, 2.05) is 4.90 Å². The molecule has 1 amide bonds. The van der Waals surface area contributed by atoms with Crippen LogP contribution in [0.15, 0.2) is 0 Å². The minimum atomic E-state index is 0.357. The van der Waals surface area contributed by atoms with E-state index in [1.165, 1.54) is 19.3 Å². The number of carbonyl (C=O) groups is 1. The van der Waals surface area contributed by atoms with Crippen LogP contribution in [0.3, 0.4) is 0 Å². The summed E-state index contributed by atoms with van der Waals surface area (Å²) in [5.41, 5.74) is 0. The number of hydrogen-bond acceptors (Lipinski definition) is 1. The van der Waals surface area contributed by atoms with Gasteiger partial charge in [0.05, 0.1) is 0 Å². The minimum Gasteiger partial charge on any atom is -0.343 e. The molecule has 2 heteroatoms. The highest BCUT2D eigenvalue weighted by atomic mass is 16.2. The highest BCUT2D eigenvalue weighted by molar-refractivity contribution is 5.76. The average Bonchev–Trinajstić information content (AvgIpc) is 2.28. The van der Waals surface area contributed by atoms with Gasteiger partial charge in [-0.05, 0) is 24.7 Å². The standard InChI is InChI=1S/C16H33NO/c1-6-11-17(12-7-2)16(18)13-15(5)10-8-9-14(3)4/h14-15H,6-13H2,1-5H3. The molecule has 1 atom stereocenters. The Labute approximate surface area is 114 Å². The molecule has 0 N–H and O–H groups in total. The van der Waals surface area contributed by atoms with Crippen molar-refractivity contribution in [2.45, 2.75) is 73.1 Å². The first-order chi connectivity index (χ1) is 8.51. The van der Waals surface area contributed by atoms with Crippen LogP contribution in [0.4, 0.5) is 0 Å². The summed E-state index contributed by atoms with van der Waals surface area (Å²) in [5, 5.41) is 0. The third kappa shape index (κ3) is 8.54. The van der Waals surface area contributed by atoms with Crippen molar-refractivity contribution in [1.29, 1.82) is 0 Å². The summed E-state index contributed by atoms with van der Waals surface area (Å²) in [5.74, 6) is 1.67. The minimum absolute atomic E-state index is 0.357. The largest absolute Gasteiger partial charge is 0.343 e. The summed E-state index contributed by atoms with van der Waals surface area (Å²) >= 11 is 0. The van der Waals surface area contributed by atoms with E-state index in [4.69, 9.17) is 0 Å². The molecule has 0 bridgehead atoms. The second-order valence-corrected chi connectivity index (χ2v) is 6.01. The van der Waals surface area contributed by atoms with E-state index in [-0.39, 0.29) is 0 Å². The predicted octanol–water partition coefficient (Wildman–Crippen LogP) is 4.49. The Morgan fingerprint density at radius 2 is 1.56 bits per heavy atom. The lowest BCUT2D eigenvalue weighted by atomic mass is 9.97. The van der Waals surface area contributed by atoms with Gasteiger partial charge in [-0.3, -0.25) is 4.79 Å². The molecule has 0 rings (SSSR count). The lowest BCUT2D eigenvalue weighted by Gasteiger charge is -2.23. The third-order valence-electron chi connectivity index (χ3n) is 3.34. The van der Waals surface area contributed by atoms with Gasteiger partial charge in [0.1, 0.15) is 0 Å². The van der Waals surface area contributed by atoms with E-state index >= 15 is 0 Å². The van der Waals surface area contributed by atoms with Crippen LogP contribution in [0.1, 0.15) is 73.1 Å². The van der Waals surface area contributed by atoms with Gasteiger partial charge in [-0.15, -0.1) is 0 Å². The Morgan fingerprint density at radius 3 is 2.00 bits per heavy atom. The van der Waals surface area contributed by atoms with Crippen LogP contribution >= 0.6 is 0 Å². The van der Waals surface area contributed by atoms with E-state index in [0.29, 0.717) is 11.8 Å². The highest BCUT2D eigenvalue weighted by Gasteiger charge is 2.15. The molecule has 0 aliphatic carbocycles. The fourth-order valence-electron chi connectivity index (χ4n) is 2.30. The Bertz CT molecular complexity index is 207. The van der Waals surface area contributed by atoms with E-state index in [2.05, 4.69) is 34.6 Å². The van der Waals surface area contributed by atoms with Crippen molar-refractivity contribution >= 4 is 5.91 Å². The van der Waals surface area contributed by atoms with Crippen molar-refractivity contribution in [3.63, 3.8) is 0 Å². The number of rotatable bonds is 10. The molecule has 0 radical (unpaired) electrons. The van der Waals surface area contributed by atoms with Crippen molar-refractivity contribution in [2.24, 2.45) is 11.8 Å². The van der Waals surface area contributed by atoms with Crippen molar-refractivity contribution < 1.29 is 4.79 Å². The maximum absolute atomic E-state index is 12.2. The summed E-state index contributed by atoms with van der Waals surface area (Å²) in [6, 6.07) is 0. The monoisotopic (exact) mass is 255 g/mol. The first-order valence-corrected chi connectivity index (χ1v) is 7.78. The summed E-state index contributed by atoms with van der Waals surface area (Å²) in [4.78, 5) is 14.2. The topological polar surface area (TPSA) is 20.3 Å². The third-order valence-corrected chi connectivity index (χ3v) is 3.34. The van der Waals surface area contributed by atoms with Crippen LogP contribution in [0.25, 0.3) is 0 Å². The fourth-order valence-corrected chi connectivity index (χ4v) is 2.30. The van der Waals surface area contributed by atoms with Gasteiger partial charge in [-0.25, -0.2) is 0 Å². The van der Waals surface area contributed by atoms with Crippen molar-refractivity contribution in [1.82, 2.24) is 4.90 Å². The van der Waals surface area contributed by atoms with Gasteiger partial charge < -0.3 is 4.90 Å². The van der Waals surface area contributed by atoms with Gasteiger partial charge >= 0.3 is 0 Å². The first kappa shape index (κ1) is 17.5. The van der Waals surface area contributed by atoms with Gasteiger partial charge in [0, 0.05) is 19.5 Å². The Balaban J connectivity index is 3.94. The van der Waals surface area contributed by atoms with Crippen LogP contribution in [0.2, 0.25) is 0 Å². The van der Waals surface area contributed by atoms with Crippen molar-refractivity contribution in [3.8, 4) is 0 Å². The molecule has 108 valence electrons. The van der Waals surface area contributed by atoms with Gasteiger partial charge in [-0.1, -0.05) is 53.9 Å². The molecule has 0 aliphatic heterocycles. The van der Waals surface area contributed by atoms with Crippen LogP contribution in [-0.2, 0) is 4.79 Å². The Morgan fingerprint density at radius 1 is 1.00 bits per heavy atom. The molecule has 0 fully saturated rings. The average molecular weight is 255 g/mol. The highest BCUT2D eigenvalue weighted by Crippen LogP contribution is 2.16. The van der Waals surface area contributed by atoms with Crippen LogP contribution < -0.4 is 0 Å². The molecule has 18 heavy (non-hydrogen) atoms. The molecule has 0 aromatic rings. The maximum Gasteiger partial charge on any atom is 0.222 e. The van der Waals surface area contributed by atoms with Crippen molar-refractivity contribution in [3.05, 3.63) is 0 Å². The van der Waals surface area contributed by atoms with Gasteiger partial charge in [0.25, 0.3) is 0 Å². The second-order valence-electron chi connectivity index (χ2n) is 6.01. The van der Waals surface area contributed by atoms with E-state index in [0.717, 1.165) is 38.3 Å². The number of amides is 1. The number of nitrogens with zero attached hydrogens (tertiary/aromatic N) is 1. The van der Waals surface area contributed by atoms with Gasteiger partial charge in [0.2, 0.25) is 5.91 Å². The quantitative estimate of drug-likeness (QED) is 0.563. The van der Waals surface area contributed by atoms with E-state index < -0.39 is 0 Å². The van der Waals surface area contributed by atoms with Crippen LogP contribution in [-0.4, -0.2) is 23.9 Å². The molecule has 0 heterocycles. The maximum atomic E-state index is 12.2. The Hall–Kier alpha value is -0.530. The van der Waals surface area contributed by atoms with Gasteiger partial charge in [0.15, 0.2) is 0 Å². The zero-order chi connectivity index (χ0) is 14.0. The summed E-state index contributed by atoms with van der Waals surface area (Å²) < 4.78 is 0. The molecule has 0 aromatic heterocycles. The van der Waals surface area contributed by atoms with Gasteiger partial charge in [-0.2, -0.15) is 0 Å². The summed E-state index contributed by atoms with van der Waals surface area (Å²) in [6.45, 7) is 12.9. The van der Waals surface area contributed by atoms with Crippen molar-refractivity contribution in [2.75, 3.05) is 13.1 Å². The molecule has 0 saturated heterocycles. The summed E-state index contributed by atoms with van der Waals surface area (Å²) in [7, 11) is 0. The number of carbonyl (C=O) groups excluding carboxylic acids is 1. The van der Waals surface area contributed by atoms with Crippen LogP contribution in [0.5, 0.6) is 0 Å². The molecular formula is C16H33NO. The van der Waals surface area contributed by atoms with E-state index in [9.17, 15) is 4.79 Å². The molecule has 0 aliphatic rings. The molecule has 2 nitrogen and oxygen atoms in total. The molecule has 1 unspecified atom stereocenters. The zero-order valence-corrected chi connectivity index (χ0v) is 13.2. The normalized spacial score (nSPS) is 12.8. The molecule has 0 spiro atoms. The molecular weight excluding hydrogens is 222 g/mol. The lowest BCUT2D eigenvalue weighted by Crippen LogP contribution is -2.33. The Kier molecular flexibility index (Phi) is 10.1. The molecule has 0 saturated carbocycles. The SMILES string of the molecule is CCCN(CCC)C(=O)CC(C)CCCC(C)C. The lowest BCUT2D eigenvalue weighted by molar-refractivity contribution is -0.132. The number of hydrogen-bond donors (Lipinski definition) is 0. The zero-order valence-electron chi connectivity index (χ0n) is 13.2. The fraction of sp³-hybridized carbons (Fsp3) is 0.938. The van der Waals surface area contributed by atoms with Crippen LogP contribution in [0, 0.1) is 11.8 Å².